The smallest absolute Gasteiger partial charge is 0.251 e. The topological polar surface area (TPSA) is 76.0 Å². The van der Waals surface area contributed by atoms with Crippen molar-refractivity contribution in [3.63, 3.8) is 0 Å². The van der Waals surface area contributed by atoms with Crippen molar-refractivity contribution in [2.24, 2.45) is 0 Å². The molecule has 1 aromatic heterocycles. The van der Waals surface area contributed by atoms with E-state index in [0.717, 1.165) is 39.8 Å². The first-order valence-corrected chi connectivity index (χ1v) is 11.6. The molecule has 34 heavy (non-hydrogen) atoms. The van der Waals surface area contributed by atoms with Gasteiger partial charge in [0.05, 0.1) is 17.1 Å². The van der Waals surface area contributed by atoms with Gasteiger partial charge in [-0.25, -0.2) is 4.98 Å². The van der Waals surface area contributed by atoms with E-state index >= 15 is 0 Å². The van der Waals surface area contributed by atoms with Crippen molar-refractivity contribution in [1.29, 1.82) is 0 Å². The summed E-state index contributed by atoms with van der Waals surface area (Å²) in [5, 5.41) is 6.13. The van der Waals surface area contributed by atoms with Crippen LogP contribution in [0.2, 0.25) is 0 Å². The number of anilines is 1. The monoisotopic (exact) mass is 454 g/mol. The van der Waals surface area contributed by atoms with Crippen LogP contribution in [0.5, 0.6) is 0 Å². The lowest BCUT2D eigenvalue weighted by Crippen LogP contribution is -2.30. The summed E-state index contributed by atoms with van der Waals surface area (Å²) in [5.41, 5.74) is 6.31. The van der Waals surface area contributed by atoms with Crippen molar-refractivity contribution < 1.29 is 9.59 Å². The van der Waals surface area contributed by atoms with Crippen molar-refractivity contribution in [3.8, 4) is 0 Å². The summed E-state index contributed by atoms with van der Waals surface area (Å²) in [6, 6.07) is 20.8. The van der Waals surface area contributed by atoms with Crippen molar-refractivity contribution in [1.82, 2.24) is 14.9 Å². The molecular weight excluding hydrogens is 424 g/mol. The number of amides is 2. The fourth-order valence-electron chi connectivity index (χ4n) is 4.16. The maximum absolute atomic E-state index is 13.1. The molecule has 6 nitrogen and oxygen atoms in total. The van der Waals surface area contributed by atoms with E-state index in [0.29, 0.717) is 11.4 Å². The van der Waals surface area contributed by atoms with Crippen molar-refractivity contribution in [2.75, 3.05) is 5.32 Å². The molecule has 174 valence electrons. The fourth-order valence-corrected chi connectivity index (χ4v) is 4.16. The molecule has 1 atom stereocenters. The summed E-state index contributed by atoms with van der Waals surface area (Å²) in [5.74, 6) is 0.325. The molecule has 0 aliphatic carbocycles. The van der Waals surface area contributed by atoms with Crippen molar-refractivity contribution in [3.05, 3.63) is 94.8 Å². The number of rotatable bonds is 7. The lowest BCUT2D eigenvalue weighted by molar-refractivity contribution is -0.116. The molecule has 2 N–H and O–H groups in total. The number of imidazole rings is 1. The minimum Gasteiger partial charge on any atom is -0.342 e. The molecule has 1 unspecified atom stereocenters. The highest BCUT2D eigenvalue weighted by molar-refractivity contribution is 5.95. The zero-order valence-corrected chi connectivity index (χ0v) is 20.1. The molecule has 0 radical (unpaired) electrons. The number of aryl methyl sites for hydroxylation is 3. The van der Waals surface area contributed by atoms with Crippen LogP contribution in [-0.4, -0.2) is 21.4 Å². The Balaban J connectivity index is 1.61. The molecule has 4 aromatic rings. The van der Waals surface area contributed by atoms with Crippen LogP contribution in [-0.2, 0) is 17.8 Å². The van der Waals surface area contributed by atoms with Gasteiger partial charge >= 0.3 is 0 Å². The number of aromatic nitrogens is 2. The summed E-state index contributed by atoms with van der Waals surface area (Å²) in [7, 11) is 0. The third kappa shape index (κ3) is 4.86. The van der Waals surface area contributed by atoms with Gasteiger partial charge in [0.25, 0.3) is 5.91 Å². The Morgan fingerprint density at radius 2 is 1.71 bits per heavy atom. The Kier molecular flexibility index (Phi) is 6.77. The van der Waals surface area contributed by atoms with E-state index in [1.807, 2.05) is 79.9 Å². The molecule has 0 aliphatic rings. The van der Waals surface area contributed by atoms with Gasteiger partial charge in [-0.1, -0.05) is 55.0 Å². The Morgan fingerprint density at radius 1 is 0.971 bits per heavy atom. The van der Waals surface area contributed by atoms with E-state index in [-0.39, 0.29) is 18.4 Å². The lowest BCUT2D eigenvalue weighted by Gasteiger charge is -2.17. The van der Waals surface area contributed by atoms with E-state index in [9.17, 15) is 9.59 Å². The number of carbonyl (C=O) groups is 2. The van der Waals surface area contributed by atoms with E-state index in [1.165, 1.54) is 0 Å². The van der Waals surface area contributed by atoms with Gasteiger partial charge in [-0.15, -0.1) is 0 Å². The van der Waals surface area contributed by atoms with Crippen LogP contribution in [0, 0.1) is 13.8 Å². The average Bonchev–Trinajstić information content (AvgIpc) is 3.19. The normalized spacial score (nSPS) is 11.9. The molecule has 2 amide bonds. The van der Waals surface area contributed by atoms with Gasteiger partial charge in [-0.2, -0.15) is 0 Å². The van der Waals surface area contributed by atoms with Gasteiger partial charge in [0.1, 0.15) is 12.4 Å². The Bertz CT molecular complexity index is 1340. The standard InChI is InChI=1S/C28H30N4O2/c1-5-21-10-8-9-19(3)26(21)31-25(33)17-32-24-12-7-6-11-23(24)30-27(32)20(4)29-28(34)22-15-13-18(2)14-16-22/h6-16,20H,5,17H2,1-4H3,(H,29,34)(H,31,33). The minimum atomic E-state index is -0.390. The third-order valence-electron chi connectivity index (χ3n) is 6.04. The predicted molar refractivity (Wildman–Crippen MR) is 136 cm³/mol. The molecule has 0 aliphatic heterocycles. The second-order valence-electron chi connectivity index (χ2n) is 8.62. The summed E-state index contributed by atoms with van der Waals surface area (Å²) in [6.07, 6.45) is 0.832. The first-order chi connectivity index (χ1) is 16.4. The molecule has 0 saturated heterocycles. The molecule has 4 rings (SSSR count). The molecule has 6 heteroatoms. The van der Waals surface area contributed by atoms with Crippen LogP contribution >= 0.6 is 0 Å². The van der Waals surface area contributed by atoms with Crippen LogP contribution < -0.4 is 10.6 Å². The van der Waals surface area contributed by atoms with Gasteiger partial charge in [0.15, 0.2) is 0 Å². The largest absolute Gasteiger partial charge is 0.342 e. The average molecular weight is 455 g/mol. The van der Waals surface area contributed by atoms with Gasteiger partial charge in [-0.05, 0) is 62.6 Å². The fraction of sp³-hybridized carbons (Fsp3) is 0.250. The summed E-state index contributed by atoms with van der Waals surface area (Å²) >= 11 is 0. The van der Waals surface area contributed by atoms with Gasteiger partial charge in [0.2, 0.25) is 5.91 Å². The van der Waals surface area contributed by atoms with Gasteiger partial charge in [-0.3, -0.25) is 9.59 Å². The summed E-state index contributed by atoms with van der Waals surface area (Å²) in [6.45, 7) is 8.04. The number of nitrogens with one attached hydrogen (secondary N) is 2. The zero-order chi connectivity index (χ0) is 24.2. The highest BCUT2D eigenvalue weighted by Gasteiger charge is 2.21. The number of carbonyl (C=O) groups excluding carboxylic acids is 2. The maximum Gasteiger partial charge on any atom is 0.251 e. The predicted octanol–water partition coefficient (Wildman–Crippen LogP) is 5.35. The molecule has 1 heterocycles. The Hall–Kier alpha value is -3.93. The highest BCUT2D eigenvalue weighted by Crippen LogP contribution is 2.24. The third-order valence-corrected chi connectivity index (χ3v) is 6.04. The summed E-state index contributed by atoms with van der Waals surface area (Å²) < 4.78 is 1.88. The van der Waals surface area contributed by atoms with Gasteiger partial charge < -0.3 is 15.2 Å². The molecule has 0 bridgehead atoms. The van der Waals surface area contributed by atoms with Crippen LogP contribution in [0.25, 0.3) is 11.0 Å². The van der Waals surface area contributed by atoms with Crippen molar-refractivity contribution >= 4 is 28.5 Å². The summed E-state index contributed by atoms with van der Waals surface area (Å²) in [4.78, 5) is 30.7. The highest BCUT2D eigenvalue weighted by atomic mass is 16.2. The second kappa shape index (κ2) is 9.91. The molecule has 0 fully saturated rings. The molecule has 0 saturated carbocycles. The zero-order valence-electron chi connectivity index (χ0n) is 20.1. The molecule has 0 spiro atoms. The van der Waals surface area contributed by atoms with Crippen LogP contribution in [0.1, 0.15) is 52.8 Å². The minimum absolute atomic E-state index is 0.0953. The van der Waals surface area contributed by atoms with Crippen LogP contribution in [0.3, 0.4) is 0 Å². The first kappa shape index (κ1) is 23.2. The lowest BCUT2D eigenvalue weighted by atomic mass is 10.1. The van der Waals surface area contributed by atoms with Crippen LogP contribution in [0.15, 0.2) is 66.7 Å². The first-order valence-electron chi connectivity index (χ1n) is 11.6. The second-order valence-corrected chi connectivity index (χ2v) is 8.62. The maximum atomic E-state index is 13.1. The number of benzene rings is 3. The number of nitrogens with zero attached hydrogens (tertiary/aromatic N) is 2. The van der Waals surface area contributed by atoms with E-state index in [1.54, 1.807) is 12.1 Å². The number of fused-ring (bicyclic) bond motifs is 1. The molecular formula is C28H30N4O2. The van der Waals surface area contributed by atoms with E-state index in [2.05, 4.69) is 17.6 Å². The number of hydrogen-bond donors (Lipinski definition) is 2. The SMILES string of the molecule is CCc1cccc(C)c1NC(=O)Cn1c(C(C)NC(=O)c2ccc(C)cc2)nc2ccccc21. The quantitative estimate of drug-likeness (QED) is 0.395. The van der Waals surface area contributed by atoms with E-state index < -0.39 is 6.04 Å². The van der Waals surface area contributed by atoms with Crippen LogP contribution in [0.4, 0.5) is 5.69 Å². The number of para-hydroxylation sites is 3. The Morgan fingerprint density at radius 3 is 2.44 bits per heavy atom. The number of hydrogen-bond acceptors (Lipinski definition) is 3. The van der Waals surface area contributed by atoms with Crippen molar-refractivity contribution in [2.45, 2.75) is 46.7 Å². The Labute approximate surface area is 200 Å². The molecule has 3 aromatic carbocycles. The van der Waals surface area contributed by atoms with E-state index in [4.69, 9.17) is 4.98 Å². The van der Waals surface area contributed by atoms with Gasteiger partial charge in [0, 0.05) is 11.3 Å².